The maximum absolute atomic E-state index is 11.9. The van der Waals surface area contributed by atoms with Crippen LogP contribution in [0.2, 0.25) is 5.02 Å². The molecular formula is C19H19ClN8O2. The van der Waals surface area contributed by atoms with Crippen molar-refractivity contribution in [3.63, 3.8) is 0 Å². The Morgan fingerprint density at radius 3 is 2.70 bits per heavy atom. The van der Waals surface area contributed by atoms with Crippen LogP contribution in [0.5, 0.6) is 0 Å². The molecule has 5 N–H and O–H groups in total. The van der Waals surface area contributed by atoms with Crippen molar-refractivity contribution >= 4 is 41.4 Å². The zero-order valence-corrected chi connectivity index (χ0v) is 16.5. The lowest BCUT2D eigenvalue weighted by Gasteiger charge is -2.26. The van der Waals surface area contributed by atoms with Crippen LogP contribution in [0.4, 0.5) is 10.6 Å². The van der Waals surface area contributed by atoms with E-state index in [1.807, 2.05) is 24.3 Å². The molecular weight excluding hydrogens is 408 g/mol. The predicted octanol–water partition coefficient (Wildman–Crippen LogP) is 1.17. The second-order valence-electron chi connectivity index (χ2n) is 7.25. The van der Waals surface area contributed by atoms with Gasteiger partial charge in [-0.3, -0.25) is 15.4 Å². The molecule has 1 saturated heterocycles. The first-order valence-electron chi connectivity index (χ1n) is 9.56. The highest BCUT2D eigenvalue weighted by molar-refractivity contribution is 6.30. The van der Waals surface area contributed by atoms with Crippen LogP contribution < -0.4 is 26.6 Å². The van der Waals surface area contributed by atoms with Crippen LogP contribution in [-0.2, 0) is 11.3 Å². The number of carbonyl (C=O) groups excluding carboxylic acids is 2. The number of nitrogens with one attached hydrogen (secondary N) is 5. The van der Waals surface area contributed by atoms with Gasteiger partial charge in [-0.05, 0) is 36.6 Å². The van der Waals surface area contributed by atoms with Crippen molar-refractivity contribution in [1.29, 1.82) is 0 Å². The molecule has 2 aromatic rings. The molecule has 154 valence electrons. The quantitative estimate of drug-likeness (QED) is 0.361. The van der Waals surface area contributed by atoms with Gasteiger partial charge in [0.1, 0.15) is 11.5 Å². The minimum absolute atomic E-state index is 0.169. The molecule has 0 spiro atoms. The Morgan fingerprint density at radius 2 is 2.00 bits per heavy atom. The van der Waals surface area contributed by atoms with Crippen molar-refractivity contribution in [1.82, 2.24) is 31.0 Å². The number of imide groups is 1. The number of halogens is 1. The largest absolute Gasteiger partial charge is 0.352 e. The summed E-state index contributed by atoms with van der Waals surface area (Å²) >= 11 is 5.95. The maximum atomic E-state index is 11.9. The fraction of sp³-hybridized carbons (Fsp3) is 0.263. The average molecular weight is 427 g/mol. The Balaban J connectivity index is 1.39. The number of aliphatic imine (C=N–C) groups is 1. The highest BCUT2D eigenvalue weighted by Crippen LogP contribution is 2.25. The predicted molar refractivity (Wildman–Crippen MR) is 112 cm³/mol. The number of rotatable bonds is 5. The number of hydrogen-bond acceptors (Lipinski definition) is 7. The number of benzene rings is 1. The normalized spacial score (nSPS) is 21.6. The summed E-state index contributed by atoms with van der Waals surface area (Å²) in [6.07, 6.45) is 4.99. The van der Waals surface area contributed by atoms with E-state index in [-0.39, 0.29) is 5.70 Å². The van der Waals surface area contributed by atoms with E-state index >= 15 is 0 Å². The van der Waals surface area contributed by atoms with Crippen LogP contribution in [0.3, 0.4) is 0 Å². The van der Waals surface area contributed by atoms with Gasteiger partial charge >= 0.3 is 6.03 Å². The van der Waals surface area contributed by atoms with Crippen molar-refractivity contribution in [2.75, 3.05) is 5.32 Å². The highest BCUT2D eigenvalue weighted by atomic mass is 35.5. The fourth-order valence-electron chi connectivity index (χ4n) is 3.17. The van der Waals surface area contributed by atoms with Gasteiger partial charge in [-0.25, -0.2) is 9.79 Å². The Bertz CT molecular complexity index is 1070. The zero-order chi connectivity index (χ0) is 20.7. The van der Waals surface area contributed by atoms with E-state index in [0.717, 1.165) is 18.4 Å². The van der Waals surface area contributed by atoms with Gasteiger partial charge in [0.05, 0.1) is 6.20 Å². The molecule has 1 aromatic heterocycles. The number of hydrogen-bond donors (Lipinski definition) is 5. The van der Waals surface area contributed by atoms with Crippen molar-refractivity contribution < 1.29 is 9.59 Å². The minimum Gasteiger partial charge on any atom is -0.352 e. The smallest absolute Gasteiger partial charge is 0.326 e. The van der Waals surface area contributed by atoms with Crippen molar-refractivity contribution in [2.45, 2.75) is 31.7 Å². The summed E-state index contributed by atoms with van der Waals surface area (Å²) in [6, 6.07) is 7.44. The molecule has 30 heavy (non-hydrogen) atoms. The summed E-state index contributed by atoms with van der Waals surface area (Å²) in [6.45, 7) is 0.581. The Labute approximate surface area is 176 Å². The van der Waals surface area contributed by atoms with Gasteiger partial charge in [0.15, 0.2) is 6.29 Å². The first kappa shape index (κ1) is 18.6. The third-order valence-corrected chi connectivity index (χ3v) is 5.12. The molecule has 0 bridgehead atoms. The standard InChI is InChI=1S/C19H19ClN8O2/c20-12-3-1-10(2-4-12)8-21-17-25-15-11(7-14-16(29)26-19(30)24-14)9-22-28(15)18(27-17)23-13-5-6-13/h1-4,7,9,13,17,21,25H,5-6,8H2,(H,23,27)(H2,24,26,29,30)/b14-7-. The topological polar surface area (TPSA) is 124 Å². The lowest BCUT2D eigenvalue weighted by atomic mass is 10.2. The molecule has 3 aliphatic rings. The summed E-state index contributed by atoms with van der Waals surface area (Å²) in [7, 11) is 0. The molecule has 1 saturated carbocycles. The first-order valence-corrected chi connectivity index (χ1v) is 9.94. The number of urea groups is 1. The van der Waals surface area contributed by atoms with E-state index in [1.54, 1.807) is 17.0 Å². The van der Waals surface area contributed by atoms with Crippen LogP contribution >= 0.6 is 11.6 Å². The molecule has 0 radical (unpaired) electrons. The van der Waals surface area contributed by atoms with Gasteiger partial charge in [0, 0.05) is 23.2 Å². The van der Waals surface area contributed by atoms with Crippen LogP contribution in [0.15, 0.2) is 41.2 Å². The van der Waals surface area contributed by atoms with Crippen molar-refractivity contribution in [2.24, 2.45) is 4.99 Å². The van der Waals surface area contributed by atoms with E-state index in [1.165, 1.54) is 0 Å². The molecule has 5 rings (SSSR count). The molecule has 1 aromatic carbocycles. The van der Waals surface area contributed by atoms with Crippen LogP contribution in [0, 0.1) is 0 Å². The van der Waals surface area contributed by atoms with Crippen molar-refractivity contribution in [3.05, 3.63) is 52.3 Å². The SMILES string of the molecule is O=C1NC(=O)/C(=C/c2cnn3c2NC(NCc2ccc(Cl)cc2)N=C3NC2CC2)N1. The molecule has 2 aliphatic heterocycles. The monoisotopic (exact) mass is 426 g/mol. The second-order valence-corrected chi connectivity index (χ2v) is 7.69. The van der Waals surface area contributed by atoms with E-state index in [0.29, 0.717) is 35.0 Å². The Kier molecular flexibility index (Phi) is 4.64. The van der Waals surface area contributed by atoms with E-state index in [4.69, 9.17) is 16.6 Å². The molecule has 3 amide bonds. The summed E-state index contributed by atoms with van der Waals surface area (Å²) in [5, 5.41) is 19.8. The van der Waals surface area contributed by atoms with Crippen LogP contribution in [-0.4, -0.2) is 40.0 Å². The number of nitrogens with zero attached hydrogens (tertiary/aromatic N) is 3. The third-order valence-electron chi connectivity index (χ3n) is 4.87. The third kappa shape index (κ3) is 3.87. The highest BCUT2D eigenvalue weighted by Gasteiger charge is 2.30. The molecule has 10 nitrogen and oxygen atoms in total. The molecule has 1 atom stereocenters. The number of fused-ring (bicyclic) bond motifs is 1. The maximum Gasteiger partial charge on any atom is 0.326 e. The second kappa shape index (κ2) is 7.47. The Hall–Kier alpha value is -3.37. The van der Waals surface area contributed by atoms with E-state index in [9.17, 15) is 9.59 Å². The summed E-state index contributed by atoms with van der Waals surface area (Å²) < 4.78 is 1.67. The lowest BCUT2D eigenvalue weighted by molar-refractivity contribution is -0.115. The van der Waals surface area contributed by atoms with Crippen LogP contribution in [0.25, 0.3) is 6.08 Å². The van der Waals surface area contributed by atoms with Gasteiger partial charge in [-0.2, -0.15) is 9.78 Å². The van der Waals surface area contributed by atoms with Gasteiger partial charge in [0.25, 0.3) is 5.91 Å². The number of amides is 3. The van der Waals surface area contributed by atoms with E-state index in [2.05, 4.69) is 31.7 Å². The van der Waals surface area contributed by atoms with Gasteiger partial charge < -0.3 is 16.0 Å². The molecule has 3 heterocycles. The van der Waals surface area contributed by atoms with Gasteiger partial charge in [0.2, 0.25) is 5.96 Å². The summed E-state index contributed by atoms with van der Waals surface area (Å²) in [5.74, 6) is 0.825. The van der Waals surface area contributed by atoms with Crippen LogP contribution in [0.1, 0.15) is 24.0 Å². The Morgan fingerprint density at radius 1 is 1.20 bits per heavy atom. The lowest BCUT2D eigenvalue weighted by Crippen LogP contribution is -2.45. The van der Waals surface area contributed by atoms with Gasteiger partial charge in [-0.1, -0.05) is 23.7 Å². The fourth-order valence-corrected chi connectivity index (χ4v) is 3.30. The van der Waals surface area contributed by atoms with Gasteiger partial charge in [-0.15, -0.1) is 0 Å². The molecule has 11 heteroatoms. The van der Waals surface area contributed by atoms with E-state index < -0.39 is 18.2 Å². The molecule has 1 unspecified atom stereocenters. The molecule has 2 fully saturated rings. The average Bonchev–Trinajstić information content (AvgIpc) is 3.36. The number of aromatic nitrogens is 2. The number of carbonyl (C=O) groups is 2. The minimum atomic E-state index is -0.541. The zero-order valence-electron chi connectivity index (χ0n) is 15.8. The first-order chi connectivity index (χ1) is 14.5. The molecule has 1 aliphatic carbocycles. The summed E-state index contributed by atoms with van der Waals surface area (Å²) in [4.78, 5) is 28.0. The van der Waals surface area contributed by atoms with Crippen molar-refractivity contribution in [3.8, 4) is 0 Å². The number of anilines is 1. The summed E-state index contributed by atoms with van der Waals surface area (Å²) in [5.41, 5.74) is 1.90.